The van der Waals surface area contributed by atoms with Gasteiger partial charge in [-0.15, -0.1) is 11.8 Å². The van der Waals surface area contributed by atoms with Crippen LogP contribution in [0.3, 0.4) is 0 Å². The van der Waals surface area contributed by atoms with Gasteiger partial charge < -0.3 is 0 Å². The zero-order chi connectivity index (χ0) is 8.23. The fraction of sp³-hybridized carbons (Fsp3) is 0.100. The Bertz CT molecular complexity index is 328. The zero-order valence-corrected chi connectivity index (χ0v) is 7.42. The summed E-state index contributed by atoms with van der Waals surface area (Å²) >= 11 is 1.82. The highest BCUT2D eigenvalue weighted by atomic mass is 32.2. The highest BCUT2D eigenvalue weighted by Crippen LogP contribution is 2.29. The van der Waals surface area contributed by atoms with Crippen LogP contribution < -0.4 is 0 Å². The first kappa shape index (κ1) is 7.62. The van der Waals surface area contributed by atoms with Crippen molar-refractivity contribution in [1.29, 1.82) is 0 Å². The molecule has 12 heavy (non-hydrogen) atoms. The Labute approximate surface area is 76.2 Å². The molecule has 0 radical (unpaired) electrons. The summed E-state index contributed by atoms with van der Waals surface area (Å²) in [4.78, 5) is 5.58. The molecule has 0 atom stereocenters. The maximum atomic E-state index is 4.31. The van der Waals surface area contributed by atoms with E-state index in [1.54, 1.807) is 0 Å². The summed E-state index contributed by atoms with van der Waals surface area (Å²) in [5.41, 5.74) is 1.08. The van der Waals surface area contributed by atoms with E-state index in [0.29, 0.717) is 0 Å². The van der Waals surface area contributed by atoms with Gasteiger partial charge in [-0.25, -0.2) is 0 Å². The third kappa shape index (κ3) is 1.59. The molecule has 60 valence electrons. The van der Waals surface area contributed by atoms with Gasteiger partial charge in [-0.2, -0.15) is 0 Å². The van der Waals surface area contributed by atoms with E-state index in [1.807, 2.05) is 42.3 Å². The lowest BCUT2D eigenvalue weighted by atomic mass is 10.3. The third-order valence-corrected chi connectivity index (χ3v) is 2.65. The maximum Gasteiger partial charge on any atom is 0.0765 e. The number of para-hydroxylation sites is 1. The lowest BCUT2D eigenvalue weighted by molar-refractivity contribution is 1.38. The van der Waals surface area contributed by atoms with Crippen molar-refractivity contribution in [2.75, 3.05) is 5.75 Å². The number of hydrogen-bond donors (Lipinski definition) is 0. The van der Waals surface area contributed by atoms with Crippen LogP contribution in [0, 0.1) is 0 Å². The molecule has 0 bridgehead atoms. The summed E-state index contributed by atoms with van der Waals surface area (Å²) in [5, 5.41) is 0. The van der Waals surface area contributed by atoms with Crippen molar-refractivity contribution in [2.45, 2.75) is 4.90 Å². The van der Waals surface area contributed by atoms with Gasteiger partial charge in [-0.1, -0.05) is 18.2 Å². The number of aliphatic imine (C=N–C) groups is 1. The summed E-state index contributed by atoms with van der Waals surface area (Å²) in [7, 11) is 0. The Morgan fingerprint density at radius 2 is 2.17 bits per heavy atom. The quantitative estimate of drug-likeness (QED) is 0.590. The van der Waals surface area contributed by atoms with Crippen LogP contribution in [0.2, 0.25) is 0 Å². The molecule has 1 heterocycles. The molecule has 0 saturated heterocycles. The SMILES string of the molecule is C1=Nc2ccccc2SC/C=C\1. The Balaban J connectivity index is 2.43. The Morgan fingerprint density at radius 3 is 3.17 bits per heavy atom. The molecule has 0 aliphatic carbocycles. The van der Waals surface area contributed by atoms with Crippen molar-refractivity contribution in [3.05, 3.63) is 36.4 Å². The molecule has 0 saturated carbocycles. The van der Waals surface area contributed by atoms with Crippen LogP contribution in [0.4, 0.5) is 5.69 Å². The Kier molecular flexibility index (Phi) is 2.28. The van der Waals surface area contributed by atoms with Crippen LogP contribution in [0.1, 0.15) is 0 Å². The minimum absolute atomic E-state index is 1.03. The largest absolute Gasteiger partial charge is 0.256 e. The van der Waals surface area contributed by atoms with Crippen molar-refractivity contribution in [2.24, 2.45) is 4.99 Å². The Morgan fingerprint density at radius 1 is 1.25 bits per heavy atom. The molecular formula is C10H9NS. The van der Waals surface area contributed by atoms with Crippen LogP contribution >= 0.6 is 11.8 Å². The average molecular weight is 175 g/mol. The topological polar surface area (TPSA) is 12.4 Å². The van der Waals surface area contributed by atoms with Gasteiger partial charge in [-0.3, -0.25) is 4.99 Å². The van der Waals surface area contributed by atoms with E-state index in [2.05, 4.69) is 17.1 Å². The highest BCUT2D eigenvalue weighted by molar-refractivity contribution is 7.99. The van der Waals surface area contributed by atoms with Crippen molar-refractivity contribution in [3.8, 4) is 0 Å². The zero-order valence-electron chi connectivity index (χ0n) is 6.60. The standard InChI is InChI=1S/C10H9NS/c1-2-6-10-9(5-1)11-7-3-4-8-12-10/h1-7H,8H2/b4-3-,11-7?. The normalized spacial score (nSPS) is 17.7. The van der Waals surface area contributed by atoms with Crippen LogP contribution in [-0.4, -0.2) is 12.0 Å². The van der Waals surface area contributed by atoms with Gasteiger partial charge in [0.1, 0.15) is 0 Å². The number of rotatable bonds is 0. The molecule has 2 heteroatoms. The van der Waals surface area contributed by atoms with Crippen LogP contribution in [0.5, 0.6) is 0 Å². The third-order valence-electron chi connectivity index (χ3n) is 1.64. The maximum absolute atomic E-state index is 4.31. The number of thioether (sulfide) groups is 1. The predicted octanol–water partition coefficient (Wildman–Crippen LogP) is 3.05. The number of hydrogen-bond acceptors (Lipinski definition) is 2. The summed E-state index contributed by atoms with van der Waals surface area (Å²) in [5.74, 6) is 1.03. The van der Waals surface area contributed by atoms with Gasteiger partial charge in [0, 0.05) is 16.9 Å². The van der Waals surface area contributed by atoms with E-state index >= 15 is 0 Å². The van der Waals surface area contributed by atoms with Gasteiger partial charge in [0.2, 0.25) is 0 Å². The Hall–Kier alpha value is -1.02. The van der Waals surface area contributed by atoms with Crippen LogP contribution in [-0.2, 0) is 0 Å². The van der Waals surface area contributed by atoms with Crippen molar-refractivity contribution < 1.29 is 0 Å². The molecule has 1 aliphatic heterocycles. The first-order chi connectivity index (χ1) is 5.97. The highest BCUT2D eigenvalue weighted by Gasteiger charge is 1.99. The van der Waals surface area contributed by atoms with E-state index < -0.39 is 0 Å². The van der Waals surface area contributed by atoms with Crippen LogP contribution in [0.15, 0.2) is 46.3 Å². The molecule has 0 fully saturated rings. The van der Waals surface area contributed by atoms with E-state index in [9.17, 15) is 0 Å². The molecule has 0 spiro atoms. The van der Waals surface area contributed by atoms with Crippen molar-refractivity contribution in [3.63, 3.8) is 0 Å². The fourth-order valence-electron chi connectivity index (χ4n) is 1.06. The van der Waals surface area contributed by atoms with Gasteiger partial charge in [0.05, 0.1) is 5.69 Å². The van der Waals surface area contributed by atoms with E-state index in [4.69, 9.17) is 0 Å². The van der Waals surface area contributed by atoms with Gasteiger partial charge >= 0.3 is 0 Å². The fourth-order valence-corrected chi connectivity index (χ4v) is 1.89. The summed E-state index contributed by atoms with van der Waals surface area (Å²) < 4.78 is 0. The average Bonchev–Trinajstić information content (AvgIpc) is 2.06. The number of benzene rings is 1. The lowest BCUT2D eigenvalue weighted by Crippen LogP contribution is -1.80. The minimum atomic E-state index is 1.03. The molecule has 0 unspecified atom stereocenters. The van der Waals surface area contributed by atoms with E-state index in [1.165, 1.54) is 4.90 Å². The number of fused-ring (bicyclic) bond motifs is 1. The first-order valence-corrected chi connectivity index (χ1v) is 4.86. The molecule has 0 aromatic heterocycles. The summed E-state index contributed by atoms with van der Waals surface area (Å²) in [6.07, 6.45) is 5.95. The molecule has 0 amide bonds. The number of nitrogens with zero attached hydrogens (tertiary/aromatic N) is 1. The summed E-state index contributed by atoms with van der Waals surface area (Å²) in [6.45, 7) is 0. The van der Waals surface area contributed by atoms with Gasteiger partial charge in [-0.05, 0) is 18.2 Å². The molecule has 1 aliphatic rings. The molecule has 1 aromatic carbocycles. The monoisotopic (exact) mass is 175 g/mol. The molecule has 0 N–H and O–H groups in total. The minimum Gasteiger partial charge on any atom is -0.256 e. The van der Waals surface area contributed by atoms with Crippen LogP contribution in [0.25, 0.3) is 0 Å². The van der Waals surface area contributed by atoms with Gasteiger partial charge in [0.15, 0.2) is 0 Å². The summed E-state index contributed by atoms with van der Waals surface area (Å²) in [6, 6.07) is 8.21. The van der Waals surface area contributed by atoms with E-state index in [-0.39, 0.29) is 0 Å². The smallest absolute Gasteiger partial charge is 0.0765 e. The first-order valence-electron chi connectivity index (χ1n) is 3.88. The second-order valence-corrected chi connectivity index (χ2v) is 3.55. The van der Waals surface area contributed by atoms with Crippen molar-refractivity contribution in [1.82, 2.24) is 0 Å². The van der Waals surface area contributed by atoms with Crippen molar-refractivity contribution >= 4 is 23.7 Å². The molecule has 1 nitrogen and oxygen atoms in total. The predicted molar refractivity (Wildman–Crippen MR) is 54.5 cm³/mol. The molecule has 1 aromatic rings. The molecular weight excluding hydrogens is 166 g/mol. The lowest BCUT2D eigenvalue weighted by Gasteiger charge is -2.03. The second kappa shape index (κ2) is 3.59. The van der Waals surface area contributed by atoms with Gasteiger partial charge in [0.25, 0.3) is 0 Å². The molecule has 2 rings (SSSR count). The number of allylic oxidation sites excluding steroid dienone is 1. The second-order valence-electron chi connectivity index (χ2n) is 2.49. The van der Waals surface area contributed by atoms with E-state index in [0.717, 1.165) is 11.4 Å².